The Morgan fingerprint density at radius 1 is 1.14 bits per heavy atom. The summed E-state index contributed by atoms with van der Waals surface area (Å²) in [7, 11) is 0. The molecule has 0 saturated carbocycles. The number of nitrogens with zero attached hydrogens (tertiary/aromatic N) is 3. The van der Waals surface area contributed by atoms with Gasteiger partial charge in [0.15, 0.2) is 16.8 Å². The molecule has 2 aromatic carbocycles. The fourth-order valence-corrected chi connectivity index (χ4v) is 3.75. The minimum absolute atomic E-state index is 0.245. The highest BCUT2D eigenvalue weighted by molar-refractivity contribution is 7.22. The molecule has 0 unspecified atom stereocenters. The molecule has 0 aliphatic rings. The van der Waals surface area contributed by atoms with Crippen molar-refractivity contribution in [3.8, 4) is 0 Å². The smallest absolute Gasteiger partial charge is 0.269 e. The van der Waals surface area contributed by atoms with Gasteiger partial charge in [0.25, 0.3) is 5.91 Å². The van der Waals surface area contributed by atoms with Gasteiger partial charge in [0.1, 0.15) is 12.0 Å². The van der Waals surface area contributed by atoms with Crippen molar-refractivity contribution in [3.05, 3.63) is 64.9 Å². The zero-order valence-electron chi connectivity index (χ0n) is 15.2. The number of amides is 1. The number of carbonyl (C=O) groups is 1. The van der Waals surface area contributed by atoms with Crippen LogP contribution in [0.25, 0.3) is 10.2 Å². The van der Waals surface area contributed by atoms with Crippen molar-refractivity contribution in [3.63, 3.8) is 0 Å². The predicted molar refractivity (Wildman–Crippen MR) is 117 cm³/mol. The molecule has 0 saturated heterocycles. The van der Waals surface area contributed by atoms with E-state index in [9.17, 15) is 4.79 Å². The Kier molecular flexibility index (Phi) is 5.15. The molecule has 2 aromatic heterocycles. The quantitative estimate of drug-likeness (QED) is 0.355. The van der Waals surface area contributed by atoms with E-state index in [1.807, 2.05) is 19.1 Å². The van der Waals surface area contributed by atoms with Crippen molar-refractivity contribution < 1.29 is 4.79 Å². The largest absolute Gasteiger partial charge is 0.393 e. The molecule has 0 radical (unpaired) electrons. The minimum atomic E-state index is -0.374. The number of hydrogen-bond donors (Lipinski definition) is 4. The van der Waals surface area contributed by atoms with Gasteiger partial charge in [-0.15, -0.1) is 0 Å². The summed E-state index contributed by atoms with van der Waals surface area (Å²) in [6.45, 7) is 2.03. The number of halogens is 1. The number of anilines is 4. The molecule has 0 bridgehead atoms. The van der Waals surface area contributed by atoms with Crippen molar-refractivity contribution in [2.75, 3.05) is 16.5 Å². The van der Waals surface area contributed by atoms with E-state index in [0.29, 0.717) is 21.5 Å². The fourth-order valence-electron chi connectivity index (χ4n) is 2.60. The average Bonchev–Trinajstić information content (AvgIpc) is 3.10. The highest BCUT2D eigenvalue weighted by atomic mass is 35.5. The van der Waals surface area contributed by atoms with E-state index < -0.39 is 0 Å². The number of nitrogens with two attached hydrogens (primary N) is 1. The molecule has 2 heterocycles. The van der Waals surface area contributed by atoms with E-state index in [4.69, 9.17) is 17.3 Å². The number of thiazole rings is 1. The third kappa shape index (κ3) is 4.20. The van der Waals surface area contributed by atoms with E-state index in [0.717, 1.165) is 15.8 Å². The van der Waals surface area contributed by atoms with Gasteiger partial charge in [0.2, 0.25) is 0 Å². The molecule has 0 fully saturated rings. The fraction of sp³-hybridized carbons (Fsp3) is 0.0526. The molecule has 4 aromatic rings. The maximum Gasteiger partial charge on any atom is 0.269 e. The number of nitrogen functional groups attached to an aromatic ring is 1. The van der Waals surface area contributed by atoms with Crippen molar-refractivity contribution in [1.82, 2.24) is 20.4 Å². The summed E-state index contributed by atoms with van der Waals surface area (Å²) in [5.74, 6) is 0.270. The van der Waals surface area contributed by atoms with Crippen LogP contribution in [-0.2, 0) is 0 Å². The minimum Gasteiger partial charge on any atom is -0.393 e. The Hall–Kier alpha value is -3.43. The zero-order valence-corrected chi connectivity index (χ0v) is 16.8. The Labute approximate surface area is 175 Å². The van der Waals surface area contributed by atoms with E-state index in [1.165, 1.54) is 17.7 Å². The number of benzene rings is 2. The van der Waals surface area contributed by atoms with Gasteiger partial charge in [-0.25, -0.2) is 15.0 Å². The molecule has 0 spiro atoms. The number of aryl methyl sites for hydroxylation is 1. The SMILES string of the molecule is Cc1ccc2nc(Nc3ncnc(NNC(=O)c4cccc(Cl)c4)c3N)sc2c1. The topological polar surface area (TPSA) is 118 Å². The van der Waals surface area contributed by atoms with Gasteiger partial charge >= 0.3 is 0 Å². The molecule has 8 nitrogen and oxygen atoms in total. The lowest BCUT2D eigenvalue weighted by atomic mass is 10.2. The van der Waals surface area contributed by atoms with Crippen molar-refractivity contribution in [2.24, 2.45) is 0 Å². The summed E-state index contributed by atoms with van der Waals surface area (Å²) in [6.07, 6.45) is 1.34. The van der Waals surface area contributed by atoms with Crippen molar-refractivity contribution in [2.45, 2.75) is 6.92 Å². The summed E-state index contributed by atoms with van der Waals surface area (Å²) < 4.78 is 1.06. The van der Waals surface area contributed by atoms with Crippen LogP contribution in [-0.4, -0.2) is 20.9 Å². The number of nitrogens with one attached hydrogen (secondary N) is 3. The van der Waals surface area contributed by atoms with Crippen LogP contribution >= 0.6 is 22.9 Å². The summed E-state index contributed by atoms with van der Waals surface area (Å²) in [4.78, 5) is 25.0. The van der Waals surface area contributed by atoms with E-state index >= 15 is 0 Å². The van der Waals surface area contributed by atoms with Crippen LogP contribution in [0.3, 0.4) is 0 Å². The molecule has 0 aliphatic heterocycles. The van der Waals surface area contributed by atoms with E-state index in [2.05, 4.69) is 37.2 Å². The van der Waals surface area contributed by atoms with Crippen LogP contribution in [0.5, 0.6) is 0 Å². The second-order valence-electron chi connectivity index (χ2n) is 6.19. The lowest BCUT2D eigenvalue weighted by Crippen LogP contribution is -2.30. The zero-order chi connectivity index (χ0) is 20.4. The molecule has 0 atom stereocenters. The van der Waals surface area contributed by atoms with E-state index in [1.54, 1.807) is 24.3 Å². The molecule has 5 N–H and O–H groups in total. The number of rotatable bonds is 5. The van der Waals surface area contributed by atoms with Gasteiger partial charge in [-0.2, -0.15) is 0 Å². The first-order chi connectivity index (χ1) is 14.0. The van der Waals surface area contributed by atoms with Crippen LogP contribution in [0, 0.1) is 6.92 Å². The molecule has 146 valence electrons. The Morgan fingerprint density at radius 3 is 2.79 bits per heavy atom. The maximum atomic E-state index is 12.2. The van der Waals surface area contributed by atoms with Gasteiger partial charge in [-0.1, -0.05) is 35.1 Å². The van der Waals surface area contributed by atoms with Gasteiger partial charge in [0.05, 0.1) is 10.2 Å². The molecule has 1 amide bonds. The van der Waals surface area contributed by atoms with Crippen LogP contribution in [0.2, 0.25) is 5.02 Å². The number of carbonyl (C=O) groups excluding carboxylic acids is 1. The first-order valence-electron chi connectivity index (χ1n) is 8.56. The normalized spacial score (nSPS) is 10.7. The van der Waals surface area contributed by atoms with Crippen molar-refractivity contribution in [1.29, 1.82) is 0 Å². The lowest BCUT2D eigenvalue weighted by Gasteiger charge is -2.12. The second kappa shape index (κ2) is 7.90. The molecule has 10 heteroatoms. The highest BCUT2D eigenvalue weighted by Gasteiger charge is 2.12. The summed E-state index contributed by atoms with van der Waals surface area (Å²) >= 11 is 7.41. The number of aromatic nitrogens is 3. The second-order valence-corrected chi connectivity index (χ2v) is 7.66. The third-order valence-electron chi connectivity index (χ3n) is 4.03. The Bertz CT molecular complexity index is 1210. The third-order valence-corrected chi connectivity index (χ3v) is 5.20. The summed E-state index contributed by atoms with van der Waals surface area (Å²) in [5.41, 5.74) is 14.1. The van der Waals surface area contributed by atoms with Crippen LogP contribution in [0.15, 0.2) is 48.8 Å². The summed E-state index contributed by atoms with van der Waals surface area (Å²) in [5, 5.41) is 4.24. The lowest BCUT2D eigenvalue weighted by molar-refractivity contribution is 0.0962. The van der Waals surface area contributed by atoms with Crippen LogP contribution in [0.4, 0.5) is 22.5 Å². The van der Waals surface area contributed by atoms with Gasteiger partial charge in [0, 0.05) is 10.6 Å². The summed E-state index contributed by atoms with van der Waals surface area (Å²) in [6, 6.07) is 12.6. The van der Waals surface area contributed by atoms with Crippen LogP contribution in [0.1, 0.15) is 15.9 Å². The average molecular weight is 426 g/mol. The molecule has 29 heavy (non-hydrogen) atoms. The number of fused-ring (bicyclic) bond motifs is 1. The van der Waals surface area contributed by atoms with Crippen LogP contribution < -0.4 is 21.9 Å². The monoisotopic (exact) mass is 425 g/mol. The first-order valence-corrected chi connectivity index (χ1v) is 9.75. The Balaban J connectivity index is 1.50. The number of hydrazine groups is 1. The van der Waals surface area contributed by atoms with Gasteiger partial charge < -0.3 is 11.1 Å². The standard InChI is InChI=1S/C19H16ClN7OS/c1-10-5-6-13-14(7-10)29-19(24-13)25-16-15(21)17(23-9-22-16)26-27-18(28)11-3-2-4-12(20)8-11/h2-9H,21H2,1H3,(H,27,28)(H2,22,23,24,25,26). The first kappa shape index (κ1) is 18.9. The maximum absolute atomic E-state index is 12.2. The van der Waals surface area contributed by atoms with Gasteiger partial charge in [-0.05, 0) is 42.8 Å². The Morgan fingerprint density at radius 2 is 1.97 bits per heavy atom. The molecular formula is C19H16ClN7OS. The van der Waals surface area contributed by atoms with Gasteiger partial charge in [-0.3, -0.25) is 15.6 Å². The number of hydrogen-bond acceptors (Lipinski definition) is 8. The molecule has 0 aliphatic carbocycles. The molecular weight excluding hydrogens is 410 g/mol. The van der Waals surface area contributed by atoms with E-state index in [-0.39, 0.29) is 17.4 Å². The predicted octanol–water partition coefficient (Wildman–Crippen LogP) is 4.13. The highest BCUT2D eigenvalue weighted by Crippen LogP contribution is 2.31. The van der Waals surface area contributed by atoms with Crippen molar-refractivity contribution >= 4 is 61.5 Å². The molecule has 4 rings (SSSR count).